The molecule has 1 atom stereocenters. The van der Waals surface area contributed by atoms with E-state index >= 15 is 0 Å². The molecular formula is C16H19NO. The van der Waals surface area contributed by atoms with E-state index in [4.69, 9.17) is 4.42 Å². The van der Waals surface area contributed by atoms with Crippen molar-refractivity contribution >= 4 is 0 Å². The lowest BCUT2D eigenvalue weighted by Crippen LogP contribution is -2.26. The van der Waals surface area contributed by atoms with Crippen LogP contribution in [0.3, 0.4) is 0 Å². The quantitative estimate of drug-likeness (QED) is 0.889. The number of benzene rings is 1. The first-order valence-electron chi connectivity index (χ1n) is 6.72. The van der Waals surface area contributed by atoms with E-state index in [0.717, 1.165) is 24.8 Å². The maximum Gasteiger partial charge on any atom is 0.117 e. The van der Waals surface area contributed by atoms with Gasteiger partial charge in [0.15, 0.2) is 0 Å². The molecule has 1 unspecified atom stereocenters. The molecule has 0 saturated heterocycles. The van der Waals surface area contributed by atoms with Gasteiger partial charge in [-0.3, -0.25) is 0 Å². The molecule has 94 valence electrons. The largest absolute Gasteiger partial charge is 0.468 e. The summed E-state index contributed by atoms with van der Waals surface area (Å²) < 4.78 is 5.32. The summed E-state index contributed by atoms with van der Waals surface area (Å²) in [6, 6.07) is 12.8. The highest BCUT2D eigenvalue weighted by molar-refractivity contribution is 5.29. The monoisotopic (exact) mass is 241 g/mol. The Morgan fingerprint density at radius 1 is 1.11 bits per heavy atom. The van der Waals surface area contributed by atoms with Crippen LogP contribution in [0.25, 0.3) is 0 Å². The van der Waals surface area contributed by atoms with Crippen molar-refractivity contribution in [2.45, 2.75) is 25.8 Å². The molecule has 1 N–H and O–H groups in total. The number of nitrogens with one attached hydrogen (secondary N) is 1. The summed E-state index contributed by atoms with van der Waals surface area (Å²) in [7, 11) is 0. The van der Waals surface area contributed by atoms with Crippen molar-refractivity contribution in [3.05, 3.63) is 59.5 Å². The zero-order valence-corrected chi connectivity index (χ0v) is 10.6. The summed E-state index contributed by atoms with van der Waals surface area (Å²) in [5.74, 6) is 1.78. The lowest BCUT2D eigenvalue weighted by atomic mass is 9.84. The molecule has 1 aliphatic rings. The third kappa shape index (κ3) is 2.65. The van der Waals surface area contributed by atoms with Crippen LogP contribution in [0.1, 0.15) is 23.3 Å². The van der Waals surface area contributed by atoms with Crippen molar-refractivity contribution in [2.24, 2.45) is 5.92 Å². The number of hydrogen-bond acceptors (Lipinski definition) is 2. The van der Waals surface area contributed by atoms with Crippen LogP contribution < -0.4 is 5.32 Å². The molecule has 18 heavy (non-hydrogen) atoms. The highest BCUT2D eigenvalue weighted by atomic mass is 16.3. The molecule has 0 bridgehead atoms. The Morgan fingerprint density at radius 2 is 2.00 bits per heavy atom. The lowest BCUT2D eigenvalue weighted by molar-refractivity contribution is 0.405. The lowest BCUT2D eigenvalue weighted by Gasteiger charge is -2.24. The van der Waals surface area contributed by atoms with E-state index in [2.05, 4.69) is 29.6 Å². The minimum atomic E-state index is 0.759. The normalized spacial score (nSPS) is 18.6. The van der Waals surface area contributed by atoms with Gasteiger partial charge in [-0.25, -0.2) is 0 Å². The van der Waals surface area contributed by atoms with Gasteiger partial charge in [-0.15, -0.1) is 0 Å². The van der Waals surface area contributed by atoms with Gasteiger partial charge in [0.25, 0.3) is 0 Å². The van der Waals surface area contributed by atoms with Crippen LogP contribution in [-0.4, -0.2) is 6.54 Å². The van der Waals surface area contributed by atoms with Gasteiger partial charge in [0.1, 0.15) is 5.76 Å². The maximum atomic E-state index is 5.32. The third-order valence-corrected chi connectivity index (χ3v) is 3.76. The van der Waals surface area contributed by atoms with Gasteiger partial charge in [0, 0.05) is 0 Å². The molecule has 2 aromatic rings. The molecule has 0 aliphatic heterocycles. The number of rotatable bonds is 4. The van der Waals surface area contributed by atoms with E-state index in [1.807, 2.05) is 12.1 Å². The standard InChI is InChI=1S/C16H19NO/c1-2-5-15-10-13(7-8-14(15)4-1)11-17-12-16-6-3-9-18-16/h1-6,9,13,17H,7-8,10-12H2. The van der Waals surface area contributed by atoms with Crippen LogP contribution in [0.5, 0.6) is 0 Å². The highest BCUT2D eigenvalue weighted by Crippen LogP contribution is 2.24. The molecular weight excluding hydrogens is 222 g/mol. The minimum Gasteiger partial charge on any atom is -0.468 e. The predicted octanol–water partition coefficient (Wildman–Crippen LogP) is 3.17. The van der Waals surface area contributed by atoms with E-state index < -0.39 is 0 Å². The van der Waals surface area contributed by atoms with Gasteiger partial charge in [0.05, 0.1) is 12.8 Å². The van der Waals surface area contributed by atoms with E-state index in [0.29, 0.717) is 0 Å². The summed E-state index contributed by atoms with van der Waals surface area (Å²) in [4.78, 5) is 0. The second-order valence-electron chi connectivity index (χ2n) is 5.09. The van der Waals surface area contributed by atoms with Crippen LogP contribution >= 0.6 is 0 Å². The Balaban J connectivity index is 1.51. The molecule has 3 rings (SSSR count). The smallest absolute Gasteiger partial charge is 0.117 e. The molecule has 0 saturated carbocycles. The van der Waals surface area contributed by atoms with Gasteiger partial charge < -0.3 is 9.73 Å². The number of aryl methyl sites for hydroxylation is 1. The van der Waals surface area contributed by atoms with Crippen molar-refractivity contribution < 1.29 is 4.42 Å². The molecule has 1 aromatic carbocycles. The van der Waals surface area contributed by atoms with Crippen LogP contribution in [0.2, 0.25) is 0 Å². The SMILES string of the molecule is c1coc(CNCC2CCc3ccccc3C2)c1. The predicted molar refractivity (Wildman–Crippen MR) is 72.4 cm³/mol. The van der Waals surface area contributed by atoms with Crippen LogP contribution in [0, 0.1) is 5.92 Å². The Labute approximate surface area is 108 Å². The van der Waals surface area contributed by atoms with E-state index in [1.54, 1.807) is 11.8 Å². The number of fused-ring (bicyclic) bond motifs is 1. The zero-order chi connectivity index (χ0) is 12.2. The second kappa shape index (κ2) is 5.40. The van der Waals surface area contributed by atoms with Crippen LogP contribution in [0.15, 0.2) is 47.1 Å². The average molecular weight is 241 g/mol. The molecule has 1 heterocycles. The first-order chi connectivity index (χ1) is 8.92. The van der Waals surface area contributed by atoms with Gasteiger partial charge in [0.2, 0.25) is 0 Å². The Bertz CT molecular complexity index is 490. The average Bonchev–Trinajstić information content (AvgIpc) is 2.92. The highest BCUT2D eigenvalue weighted by Gasteiger charge is 2.17. The van der Waals surface area contributed by atoms with Crippen LogP contribution in [-0.2, 0) is 19.4 Å². The van der Waals surface area contributed by atoms with Gasteiger partial charge >= 0.3 is 0 Å². The zero-order valence-electron chi connectivity index (χ0n) is 10.6. The topological polar surface area (TPSA) is 25.2 Å². The molecule has 0 fully saturated rings. The fourth-order valence-electron chi connectivity index (χ4n) is 2.76. The fourth-order valence-corrected chi connectivity index (χ4v) is 2.76. The van der Waals surface area contributed by atoms with Gasteiger partial charge in [-0.05, 0) is 55.0 Å². The van der Waals surface area contributed by atoms with Crippen molar-refractivity contribution in [1.82, 2.24) is 5.32 Å². The molecule has 0 spiro atoms. The summed E-state index contributed by atoms with van der Waals surface area (Å²) in [5.41, 5.74) is 3.08. The Kier molecular flexibility index (Phi) is 3.47. The number of furan rings is 1. The molecule has 1 aromatic heterocycles. The molecule has 2 heteroatoms. The van der Waals surface area contributed by atoms with Crippen molar-refractivity contribution in [3.63, 3.8) is 0 Å². The first-order valence-corrected chi connectivity index (χ1v) is 6.72. The Hall–Kier alpha value is -1.54. The van der Waals surface area contributed by atoms with E-state index in [1.165, 1.54) is 24.8 Å². The van der Waals surface area contributed by atoms with Crippen molar-refractivity contribution in [2.75, 3.05) is 6.54 Å². The number of hydrogen-bond donors (Lipinski definition) is 1. The van der Waals surface area contributed by atoms with Gasteiger partial charge in [-0.1, -0.05) is 24.3 Å². The Morgan fingerprint density at radius 3 is 2.83 bits per heavy atom. The third-order valence-electron chi connectivity index (χ3n) is 3.76. The summed E-state index contributed by atoms with van der Waals surface area (Å²) in [6.07, 6.45) is 5.46. The molecule has 0 amide bonds. The first kappa shape index (κ1) is 11.5. The second-order valence-corrected chi connectivity index (χ2v) is 5.09. The summed E-state index contributed by atoms with van der Waals surface area (Å²) in [6.45, 7) is 1.92. The maximum absolute atomic E-state index is 5.32. The molecule has 2 nitrogen and oxygen atoms in total. The summed E-state index contributed by atoms with van der Waals surface area (Å²) >= 11 is 0. The molecule has 1 aliphatic carbocycles. The van der Waals surface area contributed by atoms with E-state index in [9.17, 15) is 0 Å². The van der Waals surface area contributed by atoms with E-state index in [-0.39, 0.29) is 0 Å². The van der Waals surface area contributed by atoms with Crippen LogP contribution in [0.4, 0.5) is 0 Å². The molecule has 0 radical (unpaired) electrons. The summed E-state index contributed by atoms with van der Waals surface area (Å²) in [5, 5.41) is 3.49. The van der Waals surface area contributed by atoms with Crippen molar-refractivity contribution in [1.29, 1.82) is 0 Å². The fraction of sp³-hybridized carbons (Fsp3) is 0.375. The minimum absolute atomic E-state index is 0.759. The van der Waals surface area contributed by atoms with Gasteiger partial charge in [-0.2, -0.15) is 0 Å². The van der Waals surface area contributed by atoms with Crippen molar-refractivity contribution in [3.8, 4) is 0 Å².